The first-order valence-electron chi connectivity index (χ1n) is 10.5. The Morgan fingerprint density at radius 3 is 2.52 bits per heavy atom. The predicted molar refractivity (Wildman–Crippen MR) is 111 cm³/mol. The predicted octanol–water partition coefficient (Wildman–Crippen LogP) is 5.43. The van der Waals surface area contributed by atoms with Gasteiger partial charge in [0, 0.05) is 24.8 Å². The summed E-state index contributed by atoms with van der Waals surface area (Å²) in [5.41, 5.74) is 1.38. The molecule has 7 heteroatoms. The van der Waals surface area contributed by atoms with Gasteiger partial charge >= 0.3 is 6.18 Å². The Morgan fingerprint density at radius 1 is 1.13 bits per heavy atom. The second-order valence-electron chi connectivity index (χ2n) is 8.50. The maximum atomic E-state index is 12.9. The van der Waals surface area contributed by atoms with Crippen LogP contribution in [0.3, 0.4) is 0 Å². The number of oxime groups is 1. The molecule has 2 aliphatic rings. The van der Waals surface area contributed by atoms with E-state index in [1.165, 1.54) is 12.1 Å². The normalized spacial score (nSPS) is 25.7. The first-order chi connectivity index (χ1) is 14.8. The van der Waals surface area contributed by atoms with Crippen LogP contribution in [0.2, 0.25) is 0 Å². The lowest BCUT2D eigenvalue weighted by Crippen LogP contribution is -2.35. The number of benzene rings is 2. The van der Waals surface area contributed by atoms with E-state index >= 15 is 0 Å². The summed E-state index contributed by atoms with van der Waals surface area (Å²) >= 11 is 0. The van der Waals surface area contributed by atoms with E-state index in [4.69, 9.17) is 4.84 Å². The highest BCUT2D eigenvalue weighted by molar-refractivity contribution is 5.93. The van der Waals surface area contributed by atoms with Gasteiger partial charge < -0.3 is 10.2 Å². The Balaban J connectivity index is 1.37. The van der Waals surface area contributed by atoms with Gasteiger partial charge in [0.2, 0.25) is 5.91 Å². The molecule has 3 atom stereocenters. The third kappa shape index (κ3) is 4.60. The number of halogens is 3. The average Bonchev–Trinajstić information content (AvgIpc) is 3.40. The van der Waals surface area contributed by atoms with E-state index in [0.717, 1.165) is 42.7 Å². The van der Waals surface area contributed by atoms with Crippen LogP contribution in [0.1, 0.15) is 49.3 Å². The van der Waals surface area contributed by atoms with Gasteiger partial charge in [-0.05, 0) is 43.0 Å². The van der Waals surface area contributed by atoms with E-state index in [0.29, 0.717) is 12.0 Å². The minimum atomic E-state index is -4.36. The maximum Gasteiger partial charge on any atom is 0.416 e. The zero-order valence-electron chi connectivity index (χ0n) is 17.3. The van der Waals surface area contributed by atoms with Gasteiger partial charge in [-0.1, -0.05) is 54.0 Å². The smallest absolute Gasteiger partial charge is 0.384 e. The SMILES string of the molecule is CC1(c2ccccc2)CC(C2CCCC2C(=O)NCc2ccc(C(F)(F)F)cc2)=NO1. The summed E-state index contributed by atoms with van der Waals surface area (Å²) in [4.78, 5) is 18.7. The highest BCUT2D eigenvalue weighted by Gasteiger charge is 2.44. The first kappa shape index (κ1) is 21.4. The van der Waals surface area contributed by atoms with Crippen molar-refractivity contribution in [2.75, 3.05) is 0 Å². The second-order valence-corrected chi connectivity index (χ2v) is 8.50. The Labute approximate surface area is 179 Å². The van der Waals surface area contributed by atoms with E-state index in [-0.39, 0.29) is 24.3 Å². The van der Waals surface area contributed by atoms with Crippen molar-refractivity contribution in [3.8, 4) is 0 Å². The molecule has 1 aliphatic heterocycles. The topological polar surface area (TPSA) is 50.7 Å². The van der Waals surface area contributed by atoms with Crippen LogP contribution >= 0.6 is 0 Å². The number of alkyl halides is 3. The number of amides is 1. The van der Waals surface area contributed by atoms with Crippen LogP contribution in [0.25, 0.3) is 0 Å². The summed E-state index contributed by atoms with van der Waals surface area (Å²) < 4.78 is 38.1. The van der Waals surface area contributed by atoms with Crippen LogP contribution in [0.4, 0.5) is 13.2 Å². The molecule has 0 radical (unpaired) electrons. The lowest BCUT2D eigenvalue weighted by molar-refractivity contribution is -0.137. The van der Waals surface area contributed by atoms with E-state index in [1.807, 2.05) is 37.3 Å². The van der Waals surface area contributed by atoms with Crippen molar-refractivity contribution in [3.05, 3.63) is 71.3 Å². The molecule has 0 saturated heterocycles. The molecule has 1 N–H and O–H groups in total. The number of rotatable bonds is 5. The zero-order chi connectivity index (χ0) is 22.1. The molecule has 4 rings (SSSR count). The lowest BCUT2D eigenvalue weighted by atomic mass is 9.83. The fourth-order valence-electron chi connectivity index (χ4n) is 4.52. The molecule has 2 aromatic carbocycles. The molecule has 1 aliphatic carbocycles. The van der Waals surface area contributed by atoms with Crippen LogP contribution < -0.4 is 5.32 Å². The van der Waals surface area contributed by atoms with Crippen LogP contribution in [0.15, 0.2) is 59.8 Å². The molecule has 0 spiro atoms. The van der Waals surface area contributed by atoms with Gasteiger partial charge in [0.15, 0.2) is 5.60 Å². The summed E-state index contributed by atoms with van der Waals surface area (Å²) in [7, 11) is 0. The van der Waals surface area contributed by atoms with Crippen molar-refractivity contribution in [1.29, 1.82) is 0 Å². The Hall–Kier alpha value is -2.83. The molecule has 0 bridgehead atoms. The monoisotopic (exact) mass is 430 g/mol. The highest BCUT2D eigenvalue weighted by Crippen LogP contribution is 2.42. The zero-order valence-corrected chi connectivity index (χ0v) is 17.3. The highest BCUT2D eigenvalue weighted by atomic mass is 19.4. The van der Waals surface area contributed by atoms with Crippen molar-refractivity contribution < 1.29 is 22.8 Å². The van der Waals surface area contributed by atoms with Crippen molar-refractivity contribution in [2.45, 2.75) is 50.9 Å². The molecular formula is C24H25F3N2O2. The Morgan fingerprint density at radius 2 is 1.84 bits per heavy atom. The molecule has 164 valence electrons. The van der Waals surface area contributed by atoms with Crippen LogP contribution in [-0.4, -0.2) is 11.6 Å². The van der Waals surface area contributed by atoms with Crippen LogP contribution in [-0.2, 0) is 28.0 Å². The number of nitrogens with one attached hydrogen (secondary N) is 1. The number of carbonyl (C=O) groups excluding carboxylic acids is 1. The fraction of sp³-hybridized carbons (Fsp3) is 0.417. The van der Waals surface area contributed by atoms with Crippen molar-refractivity contribution in [2.24, 2.45) is 17.0 Å². The molecule has 4 nitrogen and oxygen atoms in total. The molecule has 1 saturated carbocycles. The number of hydrogen-bond acceptors (Lipinski definition) is 3. The molecule has 3 unspecified atom stereocenters. The van der Waals surface area contributed by atoms with E-state index in [1.54, 1.807) is 0 Å². The van der Waals surface area contributed by atoms with Gasteiger partial charge in [0.1, 0.15) is 0 Å². The number of nitrogens with zero attached hydrogens (tertiary/aromatic N) is 1. The van der Waals surface area contributed by atoms with Gasteiger partial charge in [-0.25, -0.2) is 0 Å². The van der Waals surface area contributed by atoms with Crippen LogP contribution in [0.5, 0.6) is 0 Å². The summed E-state index contributed by atoms with van der Waals surface area (Å²) in [6.07, 6.45) is -1.14. The summed E-state index contributed by atoms with van der Waals surface area (Å²) in [6, 6.07) is 14.8. The van der Waals surface area contributed by atoms with Gasteiger partial charge in [0.05, 0.1) is 11.3 Å². The second kappa shape index (κ2) is 8.36. The molecule has 31 heavy (non-hydrogen) atoms. The quantitative estimate of drug-likeness (QED) is 0.688. The third-order valence-corrected chi connectivity index (χ3v) is 6.30. The van der Waals surface area contributed by atoms with Crippen molar-refractivity contribution >= 4 is 11.6 Å². The molecule has 1 heterocycles. The molecule has 2 aromatic rings. The average molecular weight is 430 g/mol. The summed E-state index contributed by atoms with van der Waals surface area (Å²) in [5.74, 6) is -0.258. The third-order valence-electron chi connectivity index (χ3n) is 6.30. The number of hydrogen-bond donors (Lipinski definition) is 1. The molecule has 1 fully saturated rings. The van der Waals surface area contributed by atoms with Gasteiger partial charge in [-0.15, -0.1) is 0 Å². The van der Waals surface area contributed by atoms with E-state index in [2.05, 4.69) is 10.5 Å². The van der Waals surface area contributed by atoms with Gasteiger partial charge in [-0.3, -0.25) is 4.79 Å². The molecule has 1 amide bonds. The summed E-state index contributed by atoms with van der Waals surface area (Å²) in [6.45, 7) is 2.21. The molecular weight excluding hydrogens is 405 g/mol. The van der Waals surface area contributed by atoms with Crippen molar-refractivity contribution in [3.63, 3.8) is 0 Å². The maximum absolute atomic E-state index is 12.9. The largest absolute Gasteiger partial charge is 0.416 e. The fourth-order valence-corrected chi connectivity index (χ4v) is 4.52. The van der Waals surface area contributed by atoms with Gasteiger partial charge in [0.25, 0.3) is 0 Å². The Bertz CT molecular complexity index is 957. The van der Waals surface area contributed by atoms with Crippen molar-refractivity contribution in [1.82, 2.24) is 5.32 Å². The summed E-state index contributed by atoms with van der Waals surface area (Å²) in [5, 5.41) is 7.25. The Kier molecular flexibility index (Phi) is 5.77. The standard InChI is InChI=1S/C24H25F3N2O2/c1-23(17-6-3-2-4-7-17)14-21(29-31-23)19-8-5-9-20(19)22(30)28-15-16-10-12-18(13-11-16)24(25,26)27/h2-4,6-7,10-13,19-20H,5,8-9,14-15H2,1H3,(H,28,30). The van der Waals surface area contributed by atoms with Crippen LogP contribution in [0, 0.1) is 11.8 Å². The minimum Gasteiger partial charge on any atom is -0.384 e. The van der Waals surface area contributed by atoms with Gasteiger partial charge in [-0.2, -0.15) is 13.2 Å². The molecule has 0 aromatic heterocycles. The lowest BCUT2D eigenvalue weighted by Gasteiger charge is -2.23. The van der Waals surface area contributed by atoms with E-state index in [9.17, 15) is 18.0 Å². The van der Waals surface area contributed by atoms with E-state index < -0.39 is 17.3 Å². The number of carbonyl (C=O) groups is 1. The minimum absolute atomic E-state index is 0.0261. The first-order valence-corrected chi connectivity index (χ1v) is 10.5.